The van der Waals surface area contributed by atoms with E-state index in [0.29, 0.717) is 6.54 Å². The molecule has 0 aromatic carbocycles. The van der Waals surface area contributed by atoms with E-state index in [1.54, 1.807) is 11.3 Å². The number of thiazole rings is 1. The molecule has 4 nitrogen and oxygen atoms in total. The Kier molecular flexibility index (Phi) is 4.37. The highest BCUT2D eigenvalue weighted by molar-refractivity contribution is 7.17. The Morgan fingerprint density at radius 1 is 1.50 bits per heavy atom. The van der Waals surface area contributed by atoms with Gasteiger partial charge in [0.25, 0.3) is 0 Å². The highest BCUT2D eigenvalue weighted by Gasteiger charge is 2.11. The zero-order valence-corrected chi connectivity index (χ0v) is 12.0. The number of hydrogen-bond donors (Lipinski definition) is 2. The first-order chi connectivity index (χ1) is 8.61. The average Bonchev–Trinajstić information content (AvgIpc) is 2.77. The lowest BCUT2D eigenvalue weighted by Crippen LogP contribution is -2.26. The molecule has 0 aliphatic carbocycles. The summed E-state index contributed by atoms with van der Waals surface area (Å²) in [5, 5.41) is 13.0. The van der Waals surface area contributed by atoms with Crippen molar-refractivity contribution in [3.8, 4) is 0 Å². The molecule has 0 aliphatic heterocycles. The predicted molar refractivity (Wildman–Crippen MR) is 75.2 cm³/mol. The van der Waals surface area contributed by atoms with Crippen LogP contribution in [-0.2, 0) is 6.54 Å². The first-order valence-electron chi connectivity index (χ1n) is 6.44. The Balaban J connectivity index is 2.00. The normalized spacial score (nSPS) is 13.3. The van der Waals surface area contributed by atoms with E-state index in [0.717, 1.165) is 30.0 Å². The quantitative estimate of drug-likeness (QED) is 0.844. The molecule has 2 rings (SSSR count). The largest absolute Gasteiger partial charge is 0.392 e. The lowest BCUT2D eigenvalue weighted by atomic mass is 10.2. The fraction of sp³-hybridized carbons (Fsp3) is 0.615. The van der Waals surface area contributed by atoms with Gasteiger partial charge in [-0.05, 0) is 20.3 Å². The SMILES string of the molecule is CCCC(O)CNCc1c(C)nc2sc(C)cn12. The highest BCUT2D eigenvalue weighted by atomic mass is 32.1. The zero-order valence-electron chi connectivity index (χ0n) is 11.2. The van der Waals surface area contributed by atoms with Gasteiger partial charge < -0.3 is 10.4 Å². The van der Waals surface area contributed by atoms with Crippen molar-refractivity contribution in [1.29, 1.82) is 0 Å². The van der Waals surface area contributed by atoms with E-state index in [4.69, 9.17) is 0 Å². The first-order valence-corrected chi connectivity index (χ1v) is 7.26. The summed E-state index contributed by atoms with van der Waals surface area (Å²) in [6.07, 6.45) is 3.75. The molecular formula is C13H21N3OS. The lowest BCUT2D eigenvalue weighted by molar-refractivity contribution is 0.160. The van der Waals surface area contributed by atoms with Gasteiger partial charge in [-0.1, -0.05) is 13.3 Å². The van der Waals surface area contributed by atoms with Gasteiger partial charge in [0.15, 0.2) is 4.96 Å². The fourth-order valence-electron chi connectivity index (χ4n) is 2.11. The summed E-state index contributed by atoms with van der Waals surface area (Å²) in [5.41, 5.74) is 2.26. The number of nitrogens with zero attached hydrogens (tertiary/aromatic N) is 2. The standard InChI is InChI=1S/C13H21N3OS/c1-4-5-11(17)6-14-7-12-10(3)15-13-16(12)8-9(2)18-13/h8,11,14,17H,4-7H2,1-3H3. The minimum atomic E-state index is -0.247. The van der Waals surface area contributed by atoms with Crippen LogP contribution in [0.3, 0.4) is 0 Å². The minimum Gasteiger partial charge on any atom is -0.392 e. The third kappa shape index (κ3) is 2.91. The van der Waals surface area contributed by atoms with Crippen LogP contribution in [0.2, 0.25) is 0 Å². The summed E-state index contributed by atoms with van der Waals surface area (Å²) in [5.74, 6) is 0. The van der Waals surface area contributed by atoms with Crippen molar-refractivity contribution in [1.82, 2.24) is 14.7 Å². The number of aryl methyl sites for hydroxylation is 2. The smallest absolute Gasteiger partial charge is 0.194 e. The maximum atomic E-state index is 9.68. The molecule has 2 N–H and O–H groups in total. The Bertz CT molecular complexity index is 518. The molecule has 18 heavy (non-hydrogen) atoms. The van der Waals surface area contributed by atoms with Gasteiger partial charge in [-0.3, -0.25) is 4.40 Å². The number of fused-ring (bicyclic) bond motifs is 1. The van der Waals surface area contributed by atoms with Crippen molar-refractivity contribution in [2.24, 2.45) is 0 Å². The molecule has 0 saturated carbocycles. The van der Waals surface area contributed by atoms with E-state index in [1.807, 2.05) is 6.92 Å². The predicted octanol–water partition coefficient (Wildman–Crippen LogP) is 2.26. The zero-order chi connectivity index (χ0) is 13.1. The molecule has 100 valence electrons. The van der Waals surface area contributed by atoms with Crippen LogP contribution in [-0.4, -0.2) is 27.1 Å². The molecule has 2 heterocycles. The third-order valence-electron chi connectivity index (χ3n) is 3.04. The second-order valence-electron chi connectivity index (χ2n) is 4.71. The number of imidazole rings is 1. The molecule has 2 aromatic heterocycles. The third-order valence-corrected chi connectivity index (χ3v) is 3.93. The van der Waals surface area contributed by atoms with Crippen LogP contribution in [0.15, 0.2) is 6.20 Å². The Morgan fingerprint density at radius 3 is 3.00 bits per heavy atom. The van der Waals surface area contributed by atoms with Gasteiger partial charge in [-0.25, -0.2) is 4.98 Å². The highest BCUT2D eigenvalue weighted by Crippen LogP contribution is 2.20. The number of aromatic nitrogens is 2. The maximum absolute atomic E-state index is 9.68. The number of aliphatic hydroxyl groups excluding tert-OH is 1. The van der Waals surface area contributed by atoms with Crippen LogP contribution in [0, 0.1) is 13.8 Å². The fourth-order valence-corrected chi connectivity index (χ4v) is 3.00. The van der Waals surface area contributed by atoms with Gasteiger partial charge in [-0.2, -0.15) is 0 Å². The second kappa shape index (κ2) is 5.82. The molecule has 0 saturated heterocycles. The van der Waals surface area contributed by atoms with E-state index in [-0.39, 0.29) is 6.10 Å². The summed E-state index contributed by atoms with van der Waals surface area (Å²) in [6, 6.07) is 0. The van der Waals surface area contributed by atoms with Crippen LogP contribution in [0.25, 0.3) is 4.96 Å². The van der Waals surface area contributed by atoms with E-state index < -0.39 is 0 Å². The van der Waals surface area contributed by atoms with E-state index >= 15 is 0 Å². The molecule has 1 unspecified atom stereocenters. The Labute approximate surface area is 112 Å². The van der Waals surface area contributed by atoms with Gasteiger partial charge >= 0.3 is 0 Å². The van der Waals surface area contributed by atoms with Crippen LogP contribution in [0.5, 0.6) is 0 Å². The number of rotatable bonds is 6. The first kappa shape index (κ1) is 13.5. The lowest BCUT2D eigenvalue weighted by Gasteiger charge is -2.10. The molecule has 1 atom stereocenters. The molecule has 0 radical (unpaired) electrons. The molecule has 0 aliphatic rings. The van der Waals surface area contributed by atoms with Crippen LogP contribution in [0.4, 0.5) is 0 Å². The van der Waals surface area contributed by atoms with Gasteiger partial charge in [0.2, 0.25) is 0 Å². The molecular weight excluding hydrogens is 246 g/mol. The van der Waals surface area contributed by atoms with Gasteiger partial charge in [0, 0.05) is 24.2 Å². The Hall–Kier alpha value is -0.910. The topological polar surface area (TPSA) is 49.6 Å². The monoisotopic (exact) mass is 267 g/mol. The average molecular weight is 267 g/mol. The Morgan fingerprint density at radius 2 is 2.28 bits per heavy atom. The molecule has 0 fully saturated rings. The molecule has 0 amide bonds. The van der Waals surface area contributed by atoms with Crippen molar-refractivity contribution >= 4 is 16.3 Å². The van der Waals surface area contributed by atoms with Crippen molar-refractivity contribution in [3.05, 3.63) is 22.5 Å². The van der Waals surface area contributed by atoms with Crippen LogP contribution in [0.1, 0.15) is 36.0 Å². The van der Waals surface area contributed by atoms with E-state index in [9.17, 15) is 5.11 Å². The van der Waals surface area contributed by atoms with E-state index in [2.05, 4.69) is 34.7 Å². The molecule has 5 heteroatoms. The van der Waals surface area contributed by atoms with Crippen molar-refractivity contribution < 1.29 is 5.11 Å². The minimum absolute atomic E-state index is 0.247. The summed E-state index contributed by atoms with van der Waals surface area (Å²) in [7, 11) is 0. The molecule has 2 aromatic rings. The number of aliphatic hydroxyl groups is 1. The number of hydrogen-bond acceptors (Lipinski definition) is 4. The van der Waals surface area contributed by atoms with Crippen molar-refractivity contribution in [2.45, 2.75) is 46.3 Å². The van der Waals surface area contributed by atoms with E-state index in [1.165, 1.54) is 10.6 Å². The van der Waals surface area contributed by atoms with Crippen LogP contribution >= 0.6 is 11.3 Å². The summed E-state index contributed by atoms with van der Waals surface area (Å²) in [4.78, 5) is 6.87. The molecule has 0 spiro atoms. The summed E-state index contributed by atoms with van der Waals surface area (Å²) in [6.45, 7) is 7.61. The van der Waals surface area contributed by atoms with Crippen LogP contribution < -0.4 is 5.32 Å². The number of nitrogens with one attached hydrogen (secondary N) is 1. The second-order valence-corrected chi connectivity index (χ2v) is 5.92. The summed E-state index contributed by atoms with van der Waals surface area (Å²) < 4.78 is 2.15. The van der Waals surface area contributed by atoms with Gasteiger partial charge in [0.1, 0.15) is 0 Å². The maximum Gasteiger partial charge on any atom is 0.194 e. The van der Waals surface area contributed by atoms with Gasteiger partial charge in [0.05, 0.1) is 17.5 Å². The van der Waals surface area contributed by atoms with Crippen molar-refractivity contribution in [2.75, 3.05) is 6.54 Å². The van der Waals surface area contributed by atoms with Gasteiger partial charge in [-0.15, -0.1) is 11.3 Å². The molecule has 0 bridgehead atoms. The van der Waals surface area contributed by atoms with Crippen molar-refractivity contribution in [3.63, 3.8) is 0 Å². The summed E-state index contributed by atoms with van der Waals surface area (Å²) >= 11 is 1.71.